The van der Waals surface area contributed by atoms with E-state index in [0.717, 1.165) is 19.3 Å². The molecule has 0 saturated heterocycles. The fourth-order valence-electron chi connectivity index (χ4n) is 2.52. The van der Waals surface area contributed by atoms with Crippen molar-refractivity contribution in [1.82, 2.24) is 0 Å². The van der Waals surface area contributed by atoms with Crippen molar-refractivity contribution >= 4 is 23.2 Å². The number of benzene rings is 2. The van der Waals surface area contributed by atoms with Crippen LogP contribution in [0.25, 0.3) is 0 Å². The minimum atomic E-state index is -0.122. The standard InChI is InChI=1S/C21H26N2O4/c1-16(24)22-18-10-4-6-12-20(18)26-14-8-3-9-15-27-21-13-7-5-11-19(21)23-17(2)25/h4-7,10-13H,3,8-9,14-15H2,1-2H3,(H,22,24)(H,23,25). The Labute approximate surface area is 159 Å². The largest absolute Gasteiger partial charge is 0.491 e. The first-order chi connectivity index (χ1) is 13.1. The Morgan fingerprint density at radius 3 is 1.52 bits per heavy atom. The van der Waals surface area contributed by atoms with Gasteiger partial charge in [-0.25, -0.2) is 0 Å². The van der Waals surface area contributed by atoms with E-state index in [9.17, 15) is 9.59 Å². The Morgan fingerprint density at radius 1 is 0.704 bits per heavy atom. The van der Waals surface area contributed by atoms with Gasteiger partial charge in [0, 0.05) is 13.8 Å². The molecule has 0 aliphatic carbocycles. The molecule has 2 aromatic rings. The number of ether oxygens (including phenoxy) is 2. The number of hydrogen-bond donors (Lipinski definition) is 2. The summed E-state index contributed by atoms with van der Waals surface area (Å²) in [5, 5.41) is 5.52. The Morgan fingerprint density at radius 2 is 1.11 bits per heavy atom. The maximum atomic E-state index is 11.2. The SMILES string of the molecule is CC(=O)Nc1ccccc1OCCCCCOc1ccccc1NC(C)=O. The van der Waals surface area contributed by atoms with Gasteiger partial charge in [0.1, 0.15) is 11.5 Å². The molecule has 0 spiro atoms. The number of rotatable bonds is 10. The lowest BCUT2D eigenvalue weighted by Gasteiger charge is -2.12. The summed E-state index contributed by atoms with van der Waals surface area (Å²) in [7, 11) is 0. The first-order valence-electron chi connectivity index (χ1n) is 9.05. The highest BCUT2D eigenvalue weighted by atomic mass is 16.5. The predicted molar refractivity (Wildman–Crippen MR) is 106 cm³/mol. The minimum Gasteiger partial charge on any atom is -0.491 e. The normalized spacial score (nSPS) is 10.1. The van der Waals surface area contributed by atoms with Crippen molar-refractivity contribution in [1.29, 1.82) is 0 Å². The highest BCUT2D eigenvalue weighted by Gasteiger charge is 2.05. The quantitative estimate of drug-likeness (QED) is 0.614. The zero-order valence-corrected chi connectivity index (χ0v) is 15.8. The van der Waals surface area contributed by atoms with Crippen molar-refractivity contribution in [3.63, 3.8) is 0 Å². The molecule has 0 aliphatic heterocycles. The molecule has 0 atom stereocenters. The number of para-hydroxylation sites is 4. The molecule has 2 rings (SSSR count). The number of carbonyl (C=O) groups is 2. The second-order valence-corrected chi connectivity index (χ2v) is 6.11. The summed E-state index contributed by atoms with van der Waals surface area (Å²) < 4.78 is 11.5. The molecule has 0 aliphatic rings. The molecule has 2 amide bonds. The summed E-state index contributed by atoms with van der Waals surface area (Å²) >= 11 is 0. The predicted octanol–water partition coefficient (Wildman–Crippen LogP) is 4.23. The van der Waals surface area contributed by atoms with Gasteiger partial charge in [0.25, 0.3) is 0 Å². The molecule has 0 radical (unpaired) electrons. The monoisotopic (exact) mass is 370 g/mol. The van der Waals surface area contributed by atoms with Crippen molar-refractivity contribution in [2.45, 2.75) is 33.1 Å². The lowest BCUT2D eigenvalue weighted by molar-refractivity contribution is -0.115. The van der Waals surface area contributed by atoms with E-state index in [1.807, 2.05) is 48.5 Å². The highest BCUT2D eigenvalue weighted by Crippen LogP contribution is 2.25. The van der Waals surface area contributed by atoms with E-state index in [2.05, 4.69) is 10.6 Å². The number of unbranched alkanes of at least 4 members (excludes halogenated alkanes) is 2. The average molecular weight is 370 g/mol. The van der Waals surface area contributed by atoms with Gasteiger partial charge in [0.2, 0.25) is 11.8 Å². The van der Waals surface area contributed by atoms with Crippen LogP contribution in [0.4, 0.5) is 11.4 Å². The van der Waals surface area contributed by atoms with Crippen LogP contribution in [0.15, 0.2) is 48.5 Å². The molecule has 0 bridgehead atoms. The molecular formula is C21H26N2O4. The Kier molecular flexibility index (Phi) is 8.16. The second-order valence-electron chi connectivity index (χ2n) is 6.11. The zero-order chi connectivity index (χ0) is 19.5. The van der Waals surface area contributed by atoms with E-state index < -0.39 is 0 Å². The number of carbonyl (C=O) groups excluding carboxylic acids is 2. The van der Waals surface area contributed by atoms with Crippen LogP contribution in [0.1, 0.15) is 33.1 Å². The molecule has 0 fully saturated rings. The molecule has 6 nitrogen and oxygen atoms in total. The molecule has 2 aromatic carbocycles. The fourth-order valence-corrected chi connectivity index (χ4v) is 2.52. The van der Waals surface area contributed by atoms with Gasteiger partial charge in [-0.05, 0) is 43.5 Å². The Hall–Kier alpha value is -3.02. The second kappa shape index (κ2) is 10.9. The summed E-state index contributed by atoms with van der Waals surface area (Å²) in [6, 6.07) is 14.8. The molecular weight excluding hydrogens is 344 g/mol. The van der Waals surface area contributed by atoms with Gasteiger partial charge >= 0.3 is 0 Å². The molecule has 0 aromatic heterocycles. The van der Waals surface area contributed by atoms with Crippen LogP contribution in [-0.2, 0) is 9.59 Å². The summed E-state index contributed by atoms with van der Waals surface area (Å²) in [5.41, 5.74) is 1.37. The van der Waals surface area contributed by atoms with Crippen molar-refractivity contribution in [3.8, 4) is 11.5 Å². The first-order valence-corrected chi connectivity index (χ1v) is 9.05. The van der Waals surface area contributed by atoms with E-state index in [1.165, 1.54) is 13.8 Å². The highest BCUT2D eigenvalue weighted by molar-refractivity contribution is 5.90. The maximum absolute atomic E-state index is 11.2. The number of anilines is 2. The molecule has 144 valence electrons. The lowest BCUT2D eigenvalue weighted by Crippen LogP contribution is -2.09. The molecule has 0 saturated carbocycles. The van der Waals surface area contributed by atoms with Gasteiger partial charge in [-0.2, -0.15) is 0 Å². The van der Waals surface area contributed by atoms with Crippen LogP contribution in [0, 0.1) is 0 Å². The smallest absolute Gasteiger partial charge is 0.221 e. The molecule has 0 heterocycles. The summed E-state index contributed by atoms with van der Waals surface area (Å²) in [4.78, 5) is 22.4. The van der Waals surface area contributed by atoms with Crippen molar-refractivity contribution in [2.24, 2.45) is 0 Å². The third-order valence-electron chi connectivity index (χ3n) is 3.70. The van der Waals surface area contributed by atoms with Crippen molar-refractivity contribution in [3.05, 3.63) is 48.5 Å². The lowest BCUT2D eigenvalue weighted by atomic mass is 10.2. The van der Waals surface area contributed by atoms with E-state index >= 15 is 0 Å². The van der Waals surface area contributed by atoms with E-state index in [-0.39, 0.29) is 11.8 Å². The fraction of sp³-hybridized carbons (Fsp3) is 0.333. The Balaban J connectivity index is 1.67. The molecule has 6 heteroatoms. The van der Waals surface area contributed by atoms with Gasteiger partial charge in [-0.1, -0.05) is 24.3 Å². The molecule has 0 unspecified atom stereocenters. The first kappa shape index (κ1) is 20.3. The van der Waals surface area contributed by atoms with E-state index in [1.54, 1.807) is 0 Å². The van der Waals surface area contributed by atoms with Gasteiger partial charge < -0.3 is 20.1 Å². The summed E-state index contributed by atoms with van der Waals surface area (Å²) in [5.74, 6) is 1.10. The minimum absolute atomic E-state index is 0.122. The van der Waals surface area contributed by atoms with Gasteiger partial charge in [-0.15, -0.1) is 0 Å². The van der Waals surface area contributed by atoms with Crippen LogP contribution >= 0.6 is 0 Å². The van der Waals surface area contributed by atoms with Crippen LogP contribution in [-0.4, -0.2) is 25.0 Å². The maximum Gasteiger partial charge on any atom is 0.221 e. The third kappa shape index (κ3) is 7.40. The molecule has 27 heavy (non-hydrogen) atoms. The zero-order valence-electron chi connectivity index (χ0n) is 15.8. The van der Waals surface area contributed by atoms with Crippen LogP contribution < -0.4 is 20.1 Å². The summed E-state index contributed by atoms with van der Waals surface area (Å²) in [6.45, 7) is 4.08. The number of nitrogens with one attached hydrogen (secondary N) is 2. The number of amides is 2. The van der Waals surface area contributed by atoms with Crippen LogP contribution in [0.2, 0.25) is 0 Å². The summed E-state index contributed by atoms with van der Waals surface area (Å²) in [6.07, 6.45) is 2.71. The van der Waals surface area contributed by atoms with Gasteiger partial charge in [0.15, 0.2) is 0 Å². The van der Waals surface area contributed by atoms with Crippen molar-refractivity contribution < 1.29 is 19.1 Å². The Bertz CT molecular complexity index is 698. The van der Waals surface area contributed by atoms with E-state index in [0.29, 0.717) is 36.1 Å². The van der Waals surface area contributed by atoms with Crippen LogP contribution in [0.3, 0.4) is 0 Å². The van der Waals surface area contributed by atoms with Crippen LogP contribution in [0.5, 0.6) is 11.5 Å². The van der Waals surface area contributed by atoms with Gasteiger partial charge in [-0.3, -0.25) is 9.59 Å². The van der Waals surface area contributed by atoms with E-state index in [4.69, 9.17) is 9.47 Å². The third-order valence-corrected chi connectivity index (χ3v) is 3.70. The molecule has 2 N–H and O–H groups in total. The number of hydrogen-bond acceptors (Lipinski definition) is 4. The van der Waals surface area contributed by atoms with Gasteiger partial charge in [0.05, 0.1) is 24.6 Å². The average Bonchev–Trinajstić information content (AvgIpc) is 2.62. The van der Waals surface area contributed by atoms with Crippen molar-refractivity contribution in [2.75, 3.05) is 23.8 Å². The topological polar surface area (TPSA) is 76.7 Å².